The third kappa shape index (κ3) is 4.02. The van der Waals surface area contributed by atoms with Crippen molar-refractivity contribution in [3.05, 3.63) is 45.9 Å². The Bertz CT molecular complexity index is 1030. The molecular formula is C20H22N6OS. The van der Waals surface area contributed by atoms with E-state index in [1.165, 1.54) is 11.8 Å². The minimum atomic E-state index is -0.105. The summed E-state index contributed by atoms with van der Waals surface area (Å²) in [5.74, 6) is 0.417. The number of aryl methyl sites for hydroxylation is 2. The van der Waals surface area contributed by atoms with Crippen molar-refractivity contribution in [1.29, 1.82) is 0 Å². The number of fused-ring (bicyclic) bond motifs is 3. The second-order valence-corrected chi connectivity index (χ2v) is 8.24. The van der Waals surface area contributed by atoms with E-state index in [0.29, 0.717) is 5.95 Å². The van der Waals surface area contributed by atoms with Gasteiger partial charge in [-0.1, -0.05) is 6.07 Å². The molecule has 1 aromatic carbocycles. The lowest BCUT2D eigenvalue weighted by Gasteiger charge is -2.15. The van der Waals surface area contributed by atoms with Gasteiger partial charge in [-0.25, -0.2) is 15.0 Å². The number of nitrogens with zero attached hydrogens (tertiary/aromatic N) is 4. The van der Waals surface area contributed by atoms with E-state index in [4.69, 9.17) is 9.97 Å². The van der Waals surface area contributed by atoms with E-state index in [9.17, 15) is 4.79 Å². The minimum absolute atomic E-state index is 0.105. The van der Waals surface area contributed by atoms with Gasteiger partial charge < -0.3 is 15.5 Å². The molecule has 0 fully saturated rings. The van der Waals surface area contributed by atoms with Gasteiger partial charge in [-0.05, 0) is 50.7 Å². The third-order valence-electron chi connectivity index (χ3n) is 4.34. The van der Waals surface area contributed by atoms with Crippen molar-refractivity contribution in [3.8, 4) is 11.4 Å². The average Bonchev–Trinajstić information content (AvgIpc) is 3.03. The lowest BCUT2D eigenvalue weighted by Crippen LogP contribution is -2.10. The van der Waals surface area contributed by atoms with Gasteiger partial charge in [0, 0.05) is 35.9 Å². The average molecular weight is 395 g/mol. The van der Waals surface area contributed by atoms with Crippen LogP contribution >= 0.6 is 11.3 Å². The van der Waals surface area contributed by atoms with Gasteiger partial charge in [0.05, 0.1) is 5.69 Å². The summed E-state index contributed by atoms with van der Waals surface area (Å²) in [5.41, 5.74) is 4.57. The van der Waals surface area contributed by atoms with Crippen molar-refractivity contribution in [2.24, 2.45) is 0 Å². The first kappa shape index (κ1) is 18.5. The molecular weight excluding hydrogens is 372 g/mol. The molecule has 0 unspecified atom stereocenters. The highest BCUT2D eigenvalue weighted by Crippen LogP contribution is 2.35. The summed E-state index contributed by atoms with van der Waals surface area (Å²) in [4.78, 5) is 28.7. The predicted molar refractivity (Wildman–Crippen MR) is 112 cm³/mol. The maximum atomic E-state index is 11.3. The van der Waals surface area contributed by atoms with Crippen LogP contribution in [0.5, 0.6) is 0 Å². The van der Waals surface area contributed by atoms with Gasteiger partial charge in [-0.3, -0.25) is 4.79 Å². The summed E-state index contributed by atoms with van der Waals surface area (Å²) in [7, 11) is 4.10. The van der Waals surface area contributed by atoms with Crippen LogP contribution in [-0.2, 0) is 24.2 Å². The summed E-state index contributed by atoms with van der Waals surface area (Å²) in [6, 6.07) is 7.48. The topological polar surface area (TPSA) is 83.0 Å². The number of carbonyl (C=O) groups excluding carboxylic acids is 1. The zero-order valence-electron chi connectivity index (χ0n) is 16.1. The molecule has 0 radical (unpaired) electrons. The first-order valence-corrected chi connectivity index (χ1v) is 9.94. The van der Waals surface area contributed by atoms with Gasteiger partial charge in [-0.15, -0.1) is 11.3 Å². The van der Waals surface area contributed by atoms with Crippen LogP contribution in [0.1, 0.15) is 22.4 Å². The second kappa shape index (κ2) is 7.65. The summed E-state index contributed by atoms with van der Waals surface area (Å²) >= 11 is 1.77. The van der Waals surface area contributed by atoms with E-state index in [2.05, 4.69) is 20.5 Å². The number of amides is 1. The summed E-state index contributed by atoms with van der Waals surface area (Å²) in [6.45, 7) is 2.32. The lowest BCUT2D eigenvalue weighted by atomic mass is 10.00. The number of hydrogen-bond acceptors (Lipinski definition) is 7. The van der Waals surface area contributed by atoms with Crippen molar-refractivity contribution >= 4 is 34.6 Å². The fourth-order valence-corrected chi connectivity index (χ4v) is 4.39. The van der Waals surface area contributed by atoms with E-state index in [1.807, 2.05) is 44.6 Å². The number of benzene rings is 1. The number of thiazole rings is 1. The van der Waals surface area contributed by atoms with E-state index in [1.54, 1.807) is 11.3 Å². The SMILES string of the molecule is CC(=O)Nc1cccc(Nc2ncc3c(n2)-c2nc(CN(C)C)sc2CC3)c1. The standard InChI is InChI=1S/C20H22N6OS/c1-12(27)22-14-5-4-6-15(9-14)23-20-21-10-13-7-8-16-19(18(13)25-20)24-17(28-16)11-26(2)3/h4-6,9-10H,7-8,11H2,1-3H3,(H,22,27)(H,21,23,25). The molecule has 0 saturated heterocycles. The van der Waals surface area contributed by atoms with Crippen molar-refractivity contribution in [2.75, 3.05) is 24.7 Å². The zero-order chi connectivity index (χ0) is 19.7. The largest absolute Gasteiger partial charge is 0.326 e. The van der Waals surface area contributed by atoms with E-state index < -0.39 is 0 Å². The number of aromatic nitrogens is 3. The van der Waals surface area contributed by atoms with E-state index in [-0.39, 0.29) is 5.91 Å². The van der Waals surface area contributed by atoms with Gasteiger partial charge in [0.25, 0.3) is 0 Å². The smallest absolute Gasteiger partial charge is 0.227 e. The predicted octanol–water partition coefficient (Wildman–Crippen LogP) is 3.46. The van der Waals surface area contributed by atoms with Crippen LogP contribution in [-0.4, -0.2) is 39.9 Å². The molecule has 2 heterocycles. The molecule has 0 atom stereocenters. The first-order chi connectivity index (χ1) is 13.5. The monoisotopic (exact) mass is 394 g/mol. The summed E-state index contributed by atoms with van der Waals surface area (Å²) < 4.78 is 0. The fourth-order valence-electron chi connectivity index (χ4n) is 3.20. The fraction of sp³-hybridized carbons (Fsp3) is 0.300. The Balaban J connectivity index is 1.61. The molecule has 2 N–H and O–H groups in total. The molecule has 7 nitrogen and oxygen atoms in total. The van der Waals surface area contributed by atoms with Crippen molar-refractivity contribution in [1.82, 2.24) is 19.9 Å². The maximum Gasteiger partial charge on any atom is 0.227 e. The van der Waals surface area contributed by atoms with Crippen molar-refractivity contribution in [2.45, 2.75) is 26.3 Å². The van der Waals surface area contributed by atoms with Crippen LogP contribution in [0.3, 0.4) is 0 Å². The summed E-state index contributed by atoms with van der Waals surface area (Å²) in [5, 5.41) is 7.12. The highest BCUT2D eigenvalue weighted by molar-refractivity contribution is 7.12. The summed E-state index contributed by atoms with van der Waals surface area (Å²) in [6.07, 6.45) is 3.81. The van der Waals surface area contributed by atoms with Gasteiger partial charge in [0.2, 0.25) is 11.9 Å². The number of carbonyl (C=O) groups is 1. The minimum Gasteiger partial charge on any atom is -0.326 e. The highest BCUT2D eigenvalue weighted by atomic mass is 32.1. The Labute approximate surface area is 167 Å². The molecule has 8 heteroatoms. The van der Waals surface area contributed by atoms with Crippen molar-refractivity contribution < 1.29 is 4.79 Å². The molecule has 0 spiro atoms. The van der Waals surface area contributed by atoms with E-state index >= 15 is 0 Å². The molecule has 1 amide bonds. The van der Waals surface area contributed by atoms with Crippen LogP contribution < -0.4 is 10.6 Å². The highest BCUT2D eigenvalue weighted by Gasteiger charge is 2.23. The van der Waals surface area contributed by atoms with Crippen LogP contribution in [0.4, 0.5) is 17.3 Å². The number of anilines is 3. The van der Waals surface area contributed by atoms with Gasteiger partial charge >= 0.3 is 0 Å². The van der Waals surface area contributed by atoms with Gasteiger partial charge in [0.1, 0.15) is 10.7 Å². The Kier molecular flexibility index (Phi) is 5.06. The zero-order valence-corrected chi connectivity index (χ0v) is 16.9. The molecule has 2 aromatic heterocycles. The molecule has 144 valence electrons. The third-order valence-corrected chi connectivity index (χ3v) is 5.44. The Hall–Kier alpha value is -2.84. The Morgan fingerprint density at radius 1 is 1.18 bits per heavy atom. The van der Waals surface area contributed by atoms with Gasteiger partial charge in [-0.2, -0.15) is 0 Å². The van der Waals surface area contributed by atoms with E-state index in [0.717, 1.165) is 52.7 Å². The molecule has 1 aliphatic carbocycles. The Morgan fingerprint density at radius 3 is 2.79 bits per heavy atom. The van der Waals surface area contributed by atoms with Gasteiger partial charge in [0.15, 0.2) is 0 Å². The quantitative estimate of drug-likeness (QED) is 0.690. The number of rotatable bonds is 5. The van der Waals surface area contributed by atoms with Crippen molar-refractivity contribution in [3.63, 3.8) is 0 Å². The molecule has 4 rings (SSSR count). The van der Waals surface area contributed by atoms with Crippen LogP contribution in [0.25, 0.3) is 11.4 Å². The number of hydrogen-bond donors (Lipinski definition) is 2. The normalized spacial score (nSPS) is 12.4. The molecule has 28 heavy (non-hydrogen) atoms. The Morgan fingerprint density at radius 2 is 2.00 bits per heavy atom. The number of nitrogens with one attached hydrogen (secondary N) is 2. The maximum absolute atomic E-state index is 11.3. The second-order valence-electron chi connectivity index (χ2n) is 7.07. The first-order valence-electron chi connectivity index (χ1n) is 9.12. The van der Waals surface area contributed by atoms with Crippen LogP contribution in [0, 0.1) is 0 Å². The van der Waals surface area contributed by atoms with Crippen LogP contribution in [0.2, 0.25) is 0 Å². The molecule has 1 aliphatic rings. The van der Waals surface area contributed by atoms with Crippen LogP contribution in [0.15, 0.2) is 30.5 Å². The lowest BCUT2D eigenvalue weighted by molar-refractivity contribution is -0.114. The molecule has 0 saturated carbocycles. The molecule has 0 aliphatic heterocycles. The molecule has 0 bridgehead atoms. The molecule has 3 aromatic rings.